The largest absolute Gasteiger partial charge is 0.497 e. The molecule has 1 rings (SSSR count). The molecule has 0 atom stereocenters. The Morgan fingerprint density at radius 1 is 1.12 bits per heavy atom. The lowest BCUT2D eigenvalue weighted by atomic mass is 9.83. The minimum absolute atomic E-state index is 0.231. The summed E-state index contributed by atoms with van der Waals surface area (Å²) in [6.45, 7) is 8.11. The second kappa shape index (κ2) is 5.36. The highest BCUT2D eigenvalue weighted by atomic mass is 32.1. The van der Waals surface area contributed by atoms with Crippen LogP contribution in [0.15, 0.2) is 24.3 Å². The van der Waals surface area contributed by atoms with Gasteiger partial charge in [-0.05, 0) is 39.2 Å². The van der Waals surface area contributed by atoms with Crippen LogP contribution in [0.5, 0.6) is 5.75 Å². The summed E-state index contributed by atoms with van der Waals surface area (Å²) in [6, 6.07) is 7.76. The van der Waals surface area contributed by atoms with Crippen LogP contribution in [0.4, 0.5) is 0 Å². The van der Waals surface area contributed by atoms with Crippen LogP contribution in [0, 0.1) is 0 Å². The van der Waals surface area contributed by atoms with Crippen molar-refractivity contribution in [2.45, 2.75) is 38.0 Å². The lowest BCUT2D eigenvalue weighted by Gasteiger charge is -2.38. The van der Waals surface area contributed by atoms with Crippen molar-refractivity contribution in [3.05, 3.63) is 24.3 Å². The molecule has 1 aromatic carbocycles. The maximum absolute atomic E-state index is 5.84. The van der Waals surface area contributed by atoms with Crippen molar-refractivity contribution in [2.75, 3.05) is 7.11 Å². The first-order valence-electron chi connectivity index (χ1n) is 5.64. The van der Waals surface area contributed by atoms with Crippen LogP contribution >= 0.6 is 12.6 Å². The second-order valence-electron chi connectivity index (χ2n) is 5.05. The molecule has 0 N–H and O–H groups in total. The van der Waals surface area contributed by atoms with E-state index in [4.69, 9.17) is 9.39 Å². The Labute approximate surface area is 110 Å². The molecule has 0 aliphatic heterocycles. The van der Waals surface area contributed by atoms with Gasteiger partial charge in [0.25, 0.3) is 0 Å². The van der Waals surface area contributed by atoms with Crippen LogP contribution in [0.25, 0.3) is 0 Å². The fourth-order valence-electron chi connectivity index (χ4n) is 1.12. The van der Waals surface area contributed by atoms with Gasteiger partial charge in [-0.1, -0.05) is 18.2 Å². The molecule has 1 aromatic rings. The van der Waals surface area contributed by atoms with Gasteiger partial charge in [-0.25, -0.2) is 0 Å². The van der Waals surface area contributed by atoms with E-state index >= 15 is 0 Å². The molecule has 0 aromatic heterocycles. The Kier molecular flexibility index (Phi) is 4.56. The maximum Gasteiger partial charge on any atom is 0.334 e. The van der Waals surface area contributed by atoms with E-state index in [9.17, 15) is 0 Å². The fraction of sp³-hybridized carbons (Fsp3) is 0.538. The van der Waals surface area contributed by atoms with E-state index in [0.29, 0.717) is 0 Å². The Balaban J connectivity index is 2.74. The molecule has 0 amide bonds. The van der Waals surface area contributed by atoms with Gasteiger partial charge in [-0.3, -0.25) is 0 Å². The number of thiol groups is 1. The lowest BCUT2D eigenvalue weighted by Crippen LogP contribution is -2.45. The van der Waals surface area contributed by atoms with Crippen molar-refractivity contribution in [1.29, 1.82) is 0 Å². The highest BCUT2D eigenvalue weighted by molar-refractivity contribution is 7.81. The van der Waals surface area contributed by atoms with Crippen molar-refractivity contribution in [1.82, 2.24) is 0 Å². The quantitative estimate of drug-likeness (QED) is 0.640. The number of benzene rings is 1. The molecule has 2 nitrogen and oxygen atoms in total. The molecule has 4 heteroatoms. The third-order valence-electron chi connectivity index (χ3n) is 3.09. The standard InChI is InChI=1S/C13H20BO2S/c1-12(2,13(3,4)17)16-14-10-8-6-7-9-11(10)15-5/h6-9,17H,1-5H3. The topological polar surface area (TPSA) is 18.5 Å². The Hall–Kier alpha value is -0.605. The number of ether oxygens (including phenoxy) is 1. The van der Waals surface area contributed by atoms with Gasteiger partial charge in [0.1, 0.15) is 5.75 Å². The molecule has 0 fully saturated rings. The molecule has 0 aliphatic rings. The minimum Gasteiger partial charge on any atom is -0.497 e. The molecule has 1 radical (unpaired) electrons. The molecule has 93 valence electrons. The van der Waals surface area contributed by atoms with Gasteiger partial charge in [0, 0.05) is 4.75 Å². The number of para-hydroxylation sites is 1. The van der Waals surface area contributed by atoms with Gasteiger partial charge in [0.15, 0.2) is 0 Å². The molecule has 17 heavy (non-hydrogen) atoms. The molecule has 0 unspecified atom stereocenters. The van der Waals surface area contributed by atoms with Crippen LogP contribution in [-0.4, -0.2) is 24.9 Å². The predicted octanol–water partition coefficient (Wildman–Crippen LogP) is 2.44. The second-order valence-corrected chi connectivity index (χ2v) is 6.17. The molecule has 0 aliphatic carbocycles. The van der Waals surface area contributed by atoms with Gasteiger partial charge < -0.3 is 9.39 Å². The van der Waals surface area contributed by atoms with E-state index in [2.05, 4.69) is 12.6 Å². The first-order chi connectivity index (χ1) is 7.78. The fourth-order valence-corrected chi connectivity index (χ4v) is 1.17. The normalized spacial score (nSPS) is 12.4. The summed E-state index contributed by atoms with van der Waals surface area (Å²) in [4.78, 5) is 0. The summed E-state index contributed by atoms with van der Waals surface area (Å²) in [5.41, 5.74) is 0.567. The SMILES string of the molecule is COc1ccccc1[B]OC(C)(C)C(C)(C)S. The molecule has 0 bridgehead atoms. The zero-order valence-electron chi connectivity index (χ0n) is 11.2. The monoisotopic (exact) mass is 251 g/mol. The smallest absolute Gasteiger partial charge is 0.334 e. The van der Waals surface area contributed by atoms with Crippen molar-refractivity contribution >= 4 is 25.6 Å². The molecule has 0 saturated heterocycles. The third kappa shape index (κ3) is 3.68. The van der Waals surface area contributed by atoms with Gasteiger partial charge in [0.05, 0.1) is 12.7 Å². The van der Waals surface area contributed by atoms with E-state index < -0.39 is 0 Å². The van der Waals surface area contributed by atoms with Crippen LogP contribution in [0.1, 0.15) is 27.7 Å². The predicted molar refractivity (Wildman–Crippen MR) is 76.6 cm³/mol. The van der Waals surface area contributed by atoms with E-state index in [0.717, 1.165) is 11.2 Å². The number of hydrogen-bond acceptors (Lipinski definition) is 3. The van der Waals surface area contributed by atoms with E-state index in [1.54, 1.807) is 14.6 Å². The van der Waals surface area contributed by atoms with Crippen LogP contribution < -0.4 is 10.2 Å². The zero-order valence-corrected chi connectivity index (χ0v) is 12.0. The van der Waals surface area contributed by atoms with Crippen LogP contribution in [-0.2, 0) is 4.65 Å². The molecule has 0 spiro atoms. The van der Waals surface area contributed by atoms with E-state index in [1.807, 2.05) is 52.0 Å². The van der Waals surface area contributed by atoms with Gasteiger partial charge in [-0.2, -0.15) is 12.6 Å². The minimum atomic E-state index is -0.364. The Bertz CT molecular complexity index is 372. The molecule has 0 heterocycles. The molecular weight excluding hydrogens is 231 g/mol. The first-order valence-corrected chi connectivity index (χ1v) is 6.09. The number of hydrogen-bond donors (Lipinski definition) is 1. The van der Waals surface area contributed by atoms with Crippen molar-refractivity contribution < 1.29 is 9.39 Å². The average Bonchev–Trinajstić information content (AvgIpc) is 2.25. The van der Waals surface area contributed by atoms with Crippen molar-refractivity contribution in [3.8, 4) is 5.75 Å². The Morgan fingerprint density at radius 2 is 1.71 bits per heavy atom. The van der Waals surface area contributed by atoms with Gasteiger partial charge >= 0.3 is 7.48 Å². The average molecular weight is 251 g/mol. The summed E-state index contributed by atoms with van der Waals surface area (Å²) < 4.78 is 10.9. The third-order valence-corrected chi connectivity index (χ3v) is 3.63. The molecule has 0 saturated carbocycles. The number of rotatable bonds is 5. The Morgan fingerprint density at radius 3 is 2.24 bits per heavy atom. The highest BCUT2D eigenvalue weighted by Crippen LogP contribution is 2.30. The summed E-state index contributed by atoms with van der Waals surface area (Å²) in [6.07, 6.45) is 0. The summed E-state index contributed by atoms with van der Waals surface area (Å²) >= 11 is 4.55. The summed E-state index contributed by atoms with van der Waals surface area (Å²) in [5, 5.41) is 0. The van der Waals surface area contributed by atoms with Gasteiger partial charge in [-0.15, -0.1) is 0 Å². The summed E-state index contributed by atoms with van der Waals surface area (Å²) in [5.74, 6) is 0.806. The maximum atomic E-state index is 5.84. The van der Waals surface area contributed by atoms with E-state index in [1.165, 1.54) is 0 Å². The zero-order chi connectivity index (χ0) is 13.1. The molecular formula is C13H20BO2S. The lowest BCUT2D eigenvalue weighted by molar-refractivity contribution is 0.0853. The van der Waals surface area contributed by atoms with Crippen LogP contribution in [0.3, 0.4) is 0 Å². The van der Waals surface area contributed by atoms with E-state index in [-0.39, 0.29) is 10.3 Å². The van der Waals surface area contributed by atoms with Crippen LogP contribution in [0.2, 0.25) is 0 Å². The number of methoxy groups -OCH3 is 1. The summed E-state index contributed by atoms with van der Waals surface area (Å²) in [7, 11) is 3.39. The van der Waals surface area contributed by atoms with Gasteiger partial charge in [0.2, 0.25) is 0 Å². The highest BCUT2D eigenvalue weighted by Gasteiger charge is 2.34. The van der Waals surface area contributed by atoms with Crippen molar-refractivity contribution in [2.24, 2.45) is 0 Å². The van der Waals surface area contributed by atoms with Crippen molar-refractivity contribution in [3.63, 3.8) is 0 Å². The first kappa shape index (κ1) is 14.5.